The smallest absolute Gasteiger partial charge is 0.223 e. The molecular weight excluding hydrogens is 310 g/mol. The average molecular weight is 337 g/mol. The van der Waals surface area contributed by atoms with Crippen molar-refractivity contribution in [1.82, 2.24) is 5.32 Å². The first-order valence-electron chi connectivity index (χ1n) is 8.19. The van der Waals surface area contributed by atoms with Crippen molar-refractivity contribution >= 4 is 5.91 Å². The van der Waals surface area contributed by atoms with Crippen molar-refractivity contribution in [1.29, 1.82) is 0 Å². The molecule has 1 aromatic carbocycles. The van der Waals surface area contributed by atoms with Crippen molar-refractivity contribution in [2.24, 2.45) is 11.8 Å². The Morgan fingerprint density at radius 2 is 1.88 bits per heavy atom. The zero-order valence-electron chi connectivity index (χ0n) is 14.8. The fraction of sp³-hybridized carbons (Fsp3) is 0.611. The third-order valence-electron chi connectivity index (χ3n) is 4.44. The number of amides is 1. The third kappa shape index (κ3) is 4.39. The molecule has 0 saturated heterocycles. The molecule has 1 aliphatic rings. The average Bonchev–Trinajstić information content (AvgIpc) is 2.99. The third-order valence-corrected chi connectivity index (χ3v) is 4.44. The van der Waals surface area contributed by atoms with Gasteiger partial charge in [0.15, 0.2) is 13.6 Å². The van der Waals surface area contributed by atoms with Gasteiger partial charge >= 0.3 is 0 Å². The zero-order chi connectivity index (χ0) is 17.5. The molecule has 1 aromatic rings. The van der Waals surface area contributed by atoms with E-state index in [4.69, 9.17) is 18.9 Å². The van der Waals surface area contributed by atoms with Crippen molar-refractivity contribution < 1.29 is 23.7 Å². The van der Waals surface area contributed by atoms with Crippen LogP contribution in [-0.4, -0.2) is 40.8 Å². The lowest BCUT2D eigenvalue weighted by atomic mass is 9.87. The van der Waals surface area contributed by atoms with E-state index in [0.29, 0.717) is 11.7 Å². The normalized spacial score (nSPS) is 23.1. The Kier molecular flexibility index (Phi) is 6.87. The van der Waals surface area contributed by atoms with Crippen LogP contribution in [0, 0.1) is 11.8 Å². The van der Waals surface area contributed by atoms with Crippen LogP contribution in [0.3, 0.4) is 0 Å². The maximum Gasteiger partial charge on any atom is 0.223 e. The fourth-order valence-corrected chi connectivity index (χ4v) is 3.40. The summed E-state index contributed by atoms with van der Waals surface area (Å²) in [6, 6.07) is 5.65. The van der Waals surface area contributed by atoms with Crippen LogP contribution in [0.5, 0.6) is 11.5 Å². The lowest BCUT2D eigenvalue weighted by Gasteiger charge is -2.22. The molecule has 6 heteroatoms. The summed E-state index contributed by atoms with van der Waals surface area (Å²) in [5.41, 5.74) is 0.985. The molecule has 24 heavy (non-hydrogen) atoms. The summed E-state index contributed by atoms with van der Waals surface area (Å²) in [6.07, 6.45) is 1.81. The van der Waals surface area contributed by atoms with E-state index in [9.17, 15) is 4.79 Å². The number of ether oxygens (including phenoxy) is 4. The number of hydrogen-bond acceptors (Lipinski definition) is 5. The Labute approximate surface area is 143 Å². The molecule has 1 N–H and O–H groups in total. The molecule has 134 valence electrons. The highest BCUT2D eigenvalue weighted by atomic mass is 16.7. The van der Waals surface area contributed by atoms with E-state index in [1.54, 1.807) is 21.3 Å². The lowest BCUT2D eigenvalue weighted by Crippen LogP contribution is -2.29. The summed E-state index contributed by atoms with van der Waals surface area (Å²) in [7, 11) is 4.85. The van der Waals surface area contributed by atoms with Crippen LogP contribution < -0.4 is 14.8 Å². The first kappa shape index (κ1) is 18.5. The zero-order valence-corrected chi connectivity index (χ0v) is 14.8. The van der Waals surface area contributed by atoms with Gasteiger partial charge in [0.1, 0.15) is 11.5 Å². The van der Waals surface area contributed by atoms with E-state index in [1.165, 1.54) is 0 Å². The van der Waals surface area contributed by atoms with Gasteiger partial charge in [0.2, 0.25) is 5.91 Å². The minimum atomic E-state index is -0.0624. The van der Waals surface area contributed by atoms with Crippen LogP contribution >= 0.6 is 0 Å². The van der Waals surface area contributed by atoms with Crippen molar-refractivity contribution in [3.05, 3.63) is 23.8 Å². The molecule has 2 rings (SSSR count). The van der Waals surface area contributed by atoms with Gasteiger partial charge in [-0.2, -0.15) is 0 Å². The van der Waals surface area contributed by atoms with Crippen molar-refractivity contribution in [2.75, 3.05) is 34.9 Å². The molecule has 6 nitrogen and oxygen atoms in total. The molecule has 0 heterocycles. The second kappa shape index (κ2) is 8.89. The number of carbonyl (C=O) groups excluding carboxylic acids is 1. The summed E-state index contributed by atoms with van der Waals surface area (Å²) in [5, 5.41) is 2.78. The monoisotopic (exact) mass is 337 g/mol. The van der Waals surface area contributed by atoms with Crippen LogP contribution in [-0.2, 0) is 14.3 Å². The fourth-order valence-electron chi connectivity index (χ4n) is 3.40. The highest BCUT2D eigenvalue weighted by Gasteiger charge is 2.38. The van der Waals surface area contributed by atoms with Crippen LogP contribution in [0.25, 0.3) is 0 Å². The lowest BCUT2D eigenvalue weighted by molar-refractivity contribution is -0.124. The molecule has 0 aromatic heterocycles. The van der Waals surface area contributed by atoms with Gasteiger partial charge in [-0.1, -0.05) is 6.92 Å². The Morgan fingerprint density at radius 1 is 1.17 bits per heavy atom. The molecule has 0 radical (unpaired) electrons. The van der Waals surface area contributed by atoms with Gasteiger partial charge in [0.05, 0.1) is 0 Å². The second-order valence-electron chi connectivity index (χ2n) is 6.21. The van der Waals surface area contributed by atoms with Crippen LogP contribution in [0.2, 0.25) is 0 Å². The van der Waals surface area contributed by atoms with Crippen molar-refractivity contribution in [3.8, 4) is 11.5 Å². The maximum atomic E-state index is 12.3. The topological polar surface area (TPSA) is 66.0 Å². The molecule has 1 aliphatic carbocycles. The highest BCUT2D eigenvalue weighted by Crippen LogP contribution is 2.46. The van der Waals surface area contributed by atoms with Gasteiger partial charge < -0.3 is 24.3 Å². The molecule has 0 unspecified atom stereocenters. The van der Waals surface area contributed by atoms with Crippen LogP contribution in [0.4, 0.5) is 0 Å². The van der Waals surface area contributed by atoms with E-state index >= 15 is 0 Å². The number of nitrogens with one attached hydrogen (secondary N) is 1. The molecular formula is C18H27NO5. The Morgan fingerprint density at radius 3 is 2.54 bits per heavy atom. The molecule has 1 fully saturated rings. The maximum absolute atomic E-state index is 12.3. The molecule has 0 spiro atoms. The minimum Gasteiger partial charge on any atom is -0.468 e. The summed E-state index contributed by atoms with van der Waals surface area (Å²) < 4.78 is 21.3. The summed E-state index contributed by atoms with van der Waals surface area (Å²) >= 11 is 0. The van der Waals surface area contributed by atoms with Crippen molar-refractivity contribution in [2.45, 2.75) is 25.7 Å². The Hall–Kier alpha value is -1.79. The van der Waals surface area contributed by atoms with E-state index in [-0.39, 0.29) is 31.3 Å². The van der Waals surface area contributed by atoms with Gasteiger partial charge in [-0.05, 0) is 42.9 Å². The minimum absolute atomic E-state index is 0.0624. The SMILES string of the molecule is CNC(=O)[C@H]1C[C@@H](C)C[C@H]1c1cc(OCOC)ccc1OCOC. The number of hydrogen-bond donors (Lipinski definition) is 1. The second-order valence-corrected chi connectivity index (χ2v) is 6.21. The standard InChI is InChI=1S/C18H27NO5/c1-12-7-14(16(8-12)18(20)19-2)15-9-13(23-10-21-3)5-6-17(15)24-11-22-4/h5-6,9,12,14,16H,7-8,10-11H2,1-4H3,(H,19,20)/t12-,14-,16-/m0/s1. The van der Waals surface area contributed by atoms with Gasteiger partial charge in [0, 0.05) is 32.7 Å². The van der Waals surface area contributed by atoms with Gasteiger partial charge in [-0.25, -0.2) is 0 Å². The highest BCUT2D eigenvalue weighted by molar-refractivity contribution is 5.80. The molecule has 1 saturated carbocycles. The van der Waals surface area contributed by atoms with Crippen LogP contribution in [0.15, 0.2) is 18.2 Å². The Bertz CT molecular complexity index is 548. The van der Waals surface area contributed by atoms with E-state index < -0.39 is 0 Å². The number of rotatable bonds is 8. The van der Waals surface area contributed by atoms with Gasteiger partial charge in [-0.3, -0.25) is 4.79 Å². The largest absolute Gasteiger partial charge is 0.468 e. The quantitative estimate of drug-likeness (QED) is 0.739. The predicted octanol–water partition coefficient (Wildman–Crippen LogP) is 2.53. The summed E-state index contributed by atoms with van der Waals surface area (Å²) in [6.45, 7) is 2.52. The van der Waals surface area contributed by atoms with Gasteiger partial charge in [-0.15, -0.1) is 0 Å². The predicted molar refractivity (Wildman–Crippen MR) is 90.1 cm³/mol. The van der Waals surface area contributed by atoms with E-state index in [1.807, 2.05) is 18.2 Å². The Balaban J connectivity index is 2.33. The molecule has 1 amide bonds. The van der Waals surface area contributed by atoms with E-state index in [0.717, 1.165) is 24.2 Å². The van der Waals surface area contributed by atoms with Crippen LogP contribution in [0.1, 0.15) is 31.2 Å². The molecule has 0 aliphatic heterocycles. The summed E-state index contributed by atoms with van der Waals surface area (Å²) in [4.78, 5) is 12.3. The van der Waals surface area contributed by atoms with Gasteiger partial charge in [0.25, 0.3) is 0 Å². The van der Waals surface area contributed by atoms with E-state index in [2.05, 4.69) is 12.2 Å². The van der Waals surface area contributed by atoms with Crippen molar-refractivity contribution in [3.63, 3.8) is 0 Å². The first-order chi connectivity index (χ1) is 11.6. The molecule has 0 bridgehead atoms. The summed E-state index contributed by atoms with van der Waals surface area (Å²) in [5.74, 6) is 2.02. The number of benzene rings is 1. The number of methoxy groups -OCH3 is 2. The first-order valence-corrected chi connectivity index (χ1v) is 8.19. The molecule has 3 atom stereocenters. The number of carbonyl (C=O) groups is 1.